The summed E-state index contributed by atoms with van der Waals surface area (Å²) >= 11 is 0. The number of carbonyl (C=O) groups excluding carboxylic acids is 1. The Bertz CT molecular complexity index is 1150. The standard InChI is InChI=1S/C20H20FN3O4S/c1-3-28-19(25)12-24-11-17(15-5-4-13(2)18(21)10-15)20(23-24)14-6-8-16(9-7-14)29(22,26)27/h4-11H,3,12H2,1-2H3,(H2,22,26,27). The molecule has 0 aliphatic heterocycles. The van der Waals surface area contributed by atoms with Crippen LogP contribution in [0.3, 0.4) is 0 Å². The fraction of sp³-hybridized carbons (Fsp3) is 0.200. The first kappa shape index (κ1) is 20.7. The van der Waals surface area contributed by atoms with Gasteiger partial charge in [-0.15, -0.1) is 0 Å². The Labute approximate surface area is 168 Å². The Morgan fingerprint density at radius 3 is 2.41 bits per heavy atom. The van der Waals surface area contributed by atoms with Crippen LogP contribution >= 0.6 is 0 Å². The number of aromatic nitrogens is 2. The van der Waals surface area contributed by atoms with Crippen molar-refractivity contribution in [2.45, 2.75) is 25.3 Å². The first-order valence-corrected chi connectivity index (χ1v) is 10.4. The summed E-state index contributed by atoms with van der Waals surface area (Å²) in [6, 6.07) is 10.7. The number of nitrogens with zero attached hydrogens (tertiary/aromatic N) is 2. The fourth-order valence-electron chi connectivity index (χ4n) is 2.83. The number of nitrogens with two attached hydrogens (primary N) is 1. The van der Waals surface area contributed by atoms with E-state index in [4.69, 9.17) is 9.88 Å². The van der Waals surface area contributed by atoms with Gasteiger partial charge in [-0.3, -0.25) is 9.48 Å². The molecule has 29 heavy (non-hydrogen) atoms. The summed E-state index contributed by atoms with van der Waals surface area (Å²) in [5.41, 5.74) is 2.74. The van der Waals surface area contributed by atoms with Crippen molar-refractivity contribution in [2.24, 2.45) is 5.14 Å². The van der Waals surface area contributed by atoms with E-state index in [-0.39, 0.29) is 23.9 Å². The number of hydrogen-bond donors (Lipinski definition) is 1. The highest BCUT2D eigenvalue weighted by Gasteiger charge is 2.17. The van der Waals surface area contributed by atoms with E-state index < -0.39 is 16.0 Å². The minimum absolute atomic E-state index is 0.0323. The third kappa shape index (κ3) is 4.69. The number of halogens is 1. The molecule has 1 heterocycles. The van der Waals surface area contributed by atoms with Crippen LogP contribution in [0.1, 0.15) is 12.5 Å². The van der Waals surface area contributed by atoms with Gasteiger partial charge in [0.15, 0.2) is 0 Å². The van der Waals surface area contributed by atoms with Crippen molar-refractivity contribution in [3.05, 3.63) is 60.0 Å². The molecule has 0 bridgehead atoms. The lowest BCUT2D eigenvalue weighted by molar-refractivity contribution is -0.144. The molecule has 0 radical (unpaired) electrons. The summed E-state index contributed by atoms with van der Waals surface area (Å²) in [4.78, 5) is 11.8. The monoisotopic (exact) mass is 417 g/mol. The highest BCUT2D eigenvalue weighted by molar-refractivity contribution is 7.89. The van der Waals surface area contributed by atoms with Crippen LogP contribution in [0.25, 0.3) is 22.4 Å². The number of esters is 1. The van der Waals surface area contributed by atoms with Crippen molar-refractivity contribution in [3.8, 4) is 22.4 Å². The van der Waals surface area contributed by atoms with Crippen LogP contribution in [0.15, 0.2) is 53.6 Å². The lowest BCUT2D eigenvalue weighted by Crippen LogP contribution is -2.13. The number of hydrogen-bond acceptors (Lipinski definition) is 5. The summed E-state index contributed by atoms with van der Waals surface area (Å²) in [5, 5.41) is 9.58. The van der Waals surface area contributed by atoms with Crippen LogP contribution in [0, 0.1) is 12.7 Å². The van der Waals surface area contributed by atoms with Gasteiger partial charge >= 0.3 is 5.97 Å². The molecule has 0 saturated heterocycles. The summed E-state index contributed by atoms with van der Waals surface area (Å²) in [6.45, 7) is 3.51. The van der Waals surface area contributed by atoms with E-state index in [1.54, 1.807) is 44.3 Å². The predicted molar refractivity (Wildman–Crippen MR) is 106 cm³/mol. The van der Waals surface area contributed by atoms with Crippen LogP contribution in [0.4, 0.5) is 4.39 Å². The van der Waals surface area contributed by atoms with Gasteiger partial charge in [0.1, 0.15) is 18.1 Å². The molecular formula is C20H20FN3O4S. The maximum absolute atomic E-state index is 14.1. The minimum atomic E-state index is -3.83. The predicted octanol–water partition coefficient (Wildman–Crippen LogP) is 2.88. The molecule has 152 valence electrons. The van der Waals surface area contributed by atoms with Gasteiger partial charge in [-0.2, -0.15) is 5.10 Å². The van der Waals surface area contributed by atoms with Gasteiger partial charge in [-0.05, 0) is 43.2 Å². The maximum Gasteiger partial charge on any atom is 0.327 e. The van der Waals surface area contributed by atoms with Gasteiger partial charge in [0.25, 0.3) is 0 Å². The van der Waals surface area contributed by atoms with E-state index in [1.165, 1.54) is 22.9 Å². The minimum Gasteiger partial charge on any atom is -0.465 e. The van der Waals surface area contributed by atoms with Crippen LogP contribution in [0.2, 0.25) is 0 Å². The third-order valence-electron chi connectivity index (χ3n) is 4.30. The lowest BCUT2D eigenvalue weighted by Gasteiger charge is -2.05. The van der Waals surface area contributed by atoms with Gasteiger partial charge in [0.05, 0.1) is 11.5 Å². The van der Waals surface area contributed by atoms with E-state index in [2.05, 4.69) is 5.10 Å². The lowest BCUT2D eigenvalue weighted by atomic mass is 10.0. The van der Waals surface area contributed by atoms with Gasteiger partial charge in [0, 0.05) is 17.3 Å². The Kier molecular flexibility index (Phi) is 5.81. The molecule has 9 heteroatoms. The molecule has 7 nitrogen and oxygen atoms in total. The zero-order chi connectivity index (χ0) is 21.2. The number of sulfonamides is 1. The van der Waals surface area contributed by atoms with Crippen molar-refractivity contribution in [3.63, 3.8) is 0 Å². The molecule has 3 rings (SSSR count). The van der Waals surface area contributed by atoms with Crippen LogP contribution in [-0.2, 0) is 26.1 Å². The maximum atomic E-state index is 14.1. The molecule has 3 aromatic rings. The van der Waals surface area contributed by atoms with Crippen LogP contribution in [-0.4, -0.2) is 30.8 Å². The number of primary sulfonamides is 1. The molecule has 1 aromatic heterocycles. The van der Waals surface area contributed by atoms with E-state index in [1.807, 2.05) is 0 Å². The number of ether oxygens (including phenoxy) is 1. The largest absolute Gasteiger partial charge is 0.465 e. The number of rotatable bonds is 6. The fourth-order valence-corrected chi connectivity index (χ4v) is 3.34. The molecule has 0 fully saturated rings. The summed E-state index contributed by atoms with van der Waals surface area (Å²) in [5.74, 6) is -0.816. The Morgan fingerprint density at radius 1 is 1.17 bits per heavy atom. The van der Waals surface area contributed by atoms with Crippen LogP contribution in [0.5, 0.6) is 0 Å². The zero-order valence-electron chi connectivity index (χ0n) is 15.9. The van der Waals surface area contributed by atoms with E-state index in [0.29, 0.717) is 27.9 Å². The Morgan fingerprint density at radius 2 is 1.83 bits per heavy atom. The molecule has 0 atom stereocenters. The van der Waals surface area contributed by atoms with E-state index >= 15 is 0 Å². The summed E-state index contributed by atoms with van der Waals surface area (Å²) < 4.78 is 43.5. The third-order valence-corrected chi connectivity index (χ3v) is 5.23. The Hall–Kier alpha value is -3.04. The topological polar surface area (TPSA) is 104 Å². The van der Waals surface area contributed by atoms with Gasteiger partial charge in [0.2, 0.25) is 10.0 Å². The molecule has 0 unspecified atom stereocenters. The number of aryl methyl sites for hydroxylation is 1. The second-order valence-electron chi connectivity index (χ2n) is 6.43. The van der Waals surface area contributed by atoms with Gasteiger partial charge in [-0.1, -0.05) is 24.3 Å². The summed E-state index contributed by atoms with van der Waals surface area (Å²) in [7, 11) is -3.83. The second-order valence-corrected chi connectivity index (χ2v) is 7.99. The summed E-state index contributed by atoms with van der Waals surface area (Å²) in [6.07, 6.45) is 1.63. The number of carbonyl (C=O) groups is 1. The van der Waals surface area contributed by atoms with Crippen molar-refractivity contribution in [1.29, 1.82) is 0 Å². The smallest absolute Gasteiger partial charge is 0.327 e. The van der Waals surface area contributed by atoms with Crippen molar-refractivity contribution in [2.75, 3.05) is 6.61 Å². The first-order valence-electron chi connectivity index (χ1n) is 8.82. The van der Waals surface area contributed by atoms with Gasteiger partial charge in [-0.25, -0.2) is 17.9 Å². The molecule has 2 aromatic carbocycles. The van der Waals surface area contributed by atoms with E-state index in [9.17, 15) is 17.6 Å². The highest BCUT2D eigenvalue weighted by atomic mass is 32.2. The molecule has 0 saturated carbocycles. The van der Waals surface area contributed by atoms with Crippen LogP contribution < -0.4 is 5.14 Å². The molecule has 0 amide bonds. The van der Waals surface area contributed by atoms with Crippen molar-refractivity contribution in [1.82, 2.24) is 9.78 Å². The van der Waals surface area contributed by atoms with Gasteiger partial charge < -0.3 is 4.74 Å². The van der Waals surface area contributed by atoms with E-state index in [0.717, 1.165) is 0 Å². The molecule has 0 spiro atoms. The van der Waals surface area contributed by atoms with Crippen molar-refractivity contribution >= 4 is 16.0 Å². The average molecular weight is 417 g/mol. The second kappa shape index (κ2) is 8.14. The zero-order valence-corrected chi connectivity index (χ0v) is 16.7. The Balaban J connectivity index is 2.09. The SMILES string of the molecule is CCOC(=O)Cn1cc(-c2ccc(C)c(F)c2)c(-c2ccc(S(N)(=O)=O)cc2)n1. The quantitative estimate of drug-likeness (QED) is 0.621. The molecular weight excluding hydrogens is 397 g/mol. The highest BCUT2D eigenvalue weighted by Crippen LogP contribution is 2.32. The molecule has 2 N–H and O–H groups in total. The van der Waals surface area contributed by atoms with Crippen molar-refractivity contribution < 1.29 is 22.3 Å². The number of benzene rings is 2. The average Bonchev–Trinajstić information content (AvgIpc) is 3.07. The molecule has 0 aliphatic carbocycles. The first-order chi connectivity index (χ1) is 13.7. The molecule has 0 aliphatic rings. The normalized spacial score (nSPS) is 11.4.